The second kappa shape index (κ2) is 9.14. The number of nitrogens with one attached hydrogen (secondary N) is 2. The number of pyridine rings is 1. The summed E-state index contributed by atoms with van der Waals surface area (Å²) >= 11 is 1.63. The van der Waals surface area contributed by atoms with Crippen LogP contribution in [0.25, 0.3) is 0 Å². The number of carbonyl (C=O) groups is 1. The average molecular weight is 395 g/mol. The first kappa shape index (κ1) is 19.6. The summed E-state index contributed by atoms with van der Waals surface area (Å²) in [7, 11) is 1.60. The highest BCUT2D eigenvalue weighted by atomic mass is 32.2. The standard InChI is InChI=1S/C21H21N3O3S/c1-27-17-6-3-5-15(13-17)14-24-12-4-7-19(20(24)25)23-21(26)22-16-8-10-18(28-2)11-9-16/h3-13H,14H2,1-2H3,(H2,22,23,26). The summed E-state index contributed by atoms with van der Waals surface area (Å²) < 4.78 is 6.76. The molecule has 28 heavy (non-hydrogen) atoms. The van der Waals surface area contributed by atoms with Gasteiger partial charge in [0.1, 0.15) is 11.4 Å². The summed E-state index contributed by atoms with van der Waals surface area (Å²) in [5, 5.41) is 5.35. The van der Waals surface area contributed by atoms with Gasteiger partial charge in [-0.15, -0.1) is 11.8 Å². The van der Waals surface area contributed by atoms with Gasteiger partial charge in [-0.25, -0.2) is 4.79 Å². The molecule has 0 saturated heterocycles. The number of anilines is 2. The predicted octanol–water partition coefficient (Wildman–Crippen LogP) is 4.27. The number of benzene rings is 2. The molecule has 0 aliphatic heterocycles. The Morgan fingerprint density at radius 3 is 2.57 bits per heavy atom. The Kier molecular flexibility index (Phi) is 6.39. The quantitative estimate of drug-likeness (QED) is 0.612. The number of urea groups is 1. The number of rotatable bonds is 6. The van der Waals surface area contributed by atoms with Crippen molar-refractivity contribution < 1.29 is 9.53 Å². The fourth-order valence-corrected chi connectivity index (χ4v) is 3.09. The molecule has 0 saturated carbocycles. The summed E-state index contributed by atoms with van der Waals surface area (Å²) in [5.41, 5.74) is 1.52. The number of nitrogens with zero attached hydrogens (tertiary/aromatic N) is 1. The van der Waals surface area contributed by atoms with Crippen molar-refractivity contribution in [2.75, 3.05) is 24.0 Å². The third-order valence-corrected chi connectivity index (χ3v) is 4.85. The van der Waals surface area contributed by atoms with Gasteiger partial charge >= 0.3 is 6.03 Å². The molecule has 0 aliphatic carbocycles. The van der Waals surface area contributed by atoms with Crippen molar-refractivity contribution in [1.29, 1.82) is 0 Å². The first-order chi connectivity index (χ1) is 13.6. The average Bonchev–Trinajstić information content (AvgIpc) is 2.71. The summed E-state index contributed by atoms with van der Waals surface area (Å²) in [5.74, 6) is 0.728. The number of aromatic nitrogens is 1. The number of thioether (sulfide) groups is 1. The number of methoxy groups -OCH3 is 1. The molecule has 3 aromatic rings. The Bertz CT molecular complexity index is 1020. The lowest BCUT2D eigenvalue weighted by Gasteiger charge is -2.11. The molecule has 0 unspecified atom stereocenters. The van der Waals surface area contributed by atoms with E-state index in [0.29, 0.717) is 12.2 Å². The van der Waals surface area contributed by atoms with Crippen LogP contribution in [0.3, 0.4) is 0 Å². The Morgan fingerprint density at radius 2 is 1.86 bits per heavy atom. The Morgan fingerprint density at radius 1 is 1.07 bits per heavy atom. The Balaban J connectivity index is 1.71. The number of ether oxygens (including phenoxy) is 1. The van der Waals surface area contributed by atoms with Gasteiger partial charge in [0.05, 0.1) is 13.7 Å². The molecule has 2 aromatic carbocycles. The van der Waals surface area contributed by atoms with E-state index in [9.17, 15) is 9.59 Å². The number of hydrogen-bond acceptors (Lipinski definition) is 4. The zero-order chi connectivity index (χ0) is 19.9. The molecule has 0 aliphatic rings. The molecule has 1 heterocycles. The summed E-state index contributed by atoms with van der Waals surface area (Å²) in [6.07, 6.45) is 3.67. The van der Waals surface area contributed by atoms with E-state index < -0.39 is 6.03 Å². The third kappa shape index (κ3) is 4.95. The van der Waals surface area contributed by atoms with Crippen LogP contribution in [-0.2, 0) is 6.54 Å². The van der Waals surface area contributed by atoms with E-state index in [1.807, 2.05) is 54.8 Å². The van der Waals surface area contributed by atoms with Crippen LogP contribution in [0.2, 0.25) is 0 Å². The highest BCUT2D eigenvalue weighted by Gasteiger charge is 2.09. The molecule has 0 spiro atoms. The van der Waals surface area contributed by atoms with Gasteiger partial charge in [0.25, 0.3) is 5.56 Å². The first-order valence-electron chi connectivity index (χ1n) is 8.63. The SMILES string of the molecule is COc1cccc(Cn2cccc(NC(=O)Nc3ccc(SC)cc3)c2=O)c1. The van der Waals surface area contributed by atoms with Crippen LogP contribution in [0.1, 0.15) is 5.56 Å². The van der Waals surface area contributed by atoms with Crippen LogP contribution >= 0.6 is 11.8 Å². The van der Waals surface area contributed by atoms with Gasteiger partial charge in [-0.05, 0) is 60.4 Å². The number of amides is 2. The number of carbonyl (C=O) groups excluding carboxylic acids is 1. The minimum Gasteiger partial charge on any atom is -0.497 e. The van der Waals surface area contributed by atoms with Crippen LogP contribution < -0.4 is 20.9 Å². The molecule has 0 radical (unpaired) electrons. The van der Waals surface area contributed by atoms with E-state index >= 15 is 0 Å². The molecule has 3 rings (SSSR count). The van der Waals surface area contributed by atoms with Gasteiger partial charge in [0, 0.05) is 16.8 Å². The normalized spacial score (nSPS) is 10.4. The second-order valence-corrected chi connectivity index (χ2v) is 6.89. The van der Waals surface area contributed by atoms with Crippen molar-refractivity contribution in [1.82, 2.24) is 4.57 Å². The largest absolute Gasteiger partial charge is 0.497 e. The maximum absolute atomic E-state index is 12.7. The van der Waals surface area contributed by atoms with Gasteiger partial charge in [-0.2, -0.15) is 0 Å². The smallest absolute Gasteiger partial charge is 0.323 e. The Labute approximate surface area is 167 Å². The number of hydrogen-bond donors (Lipinski definition) is 2. The zero-order valence-electron chi connectivity index (χ0n) is 15.6. The maximum Gasteiger partial charge on any atom is 0.323 e. The van der Waals surface area contributed by atoms with Crippen molar-refractivity contribution in [2.24, 2.45) is 0 Å². The van der Waals surface area contributed by atoms with Crippen molar-refractivity contribution in [2.45, 2.75) is 11.4 Å². The monoisotopic (exact) mass is 395 g/mol. The molecule has 2 N–H and O–H groups in total. The predicted molar refractivity (Wildman–Crippen MR) is 114 cm³/mol. The van der Waals surface area contributed by atoms with Gasteiger partial charge in [0.15, 0.2) is 0 Å². The highest BCUT2D eigenvalue weighted by molar-refractivity contribution is 7.98. The lowest BCUT2D eigenvalue weighted by Crippen LogP contribution is -2.28. The van der Waals surface area contributed by atoms with E-state index in [0.717, 1.165) is 16.2 Å². The minimum atomic E-state index is -0.465. The van der Waals surface area contributed by atoms with Gasteiger partial charge in [0.2, 0.25) is 0 Å². The van der Waals surface area contributed by atoms with Gasteiger partial charge in [-0.3, -0.25) is 4.79 Å². The molecule has 1 aromatic heterocycles. The fraction of sp³-hybridized carbons (Fsp3) is 0.143. The van der Waals surface area contributed by atoms with Crippen LogP contribution in [-0.4, -0.2) is 24.0 Å². The topological polar surface area (TPSA) is 72.4 Å². The maximum atomic E-state index is 12.7. The second-order valence-electron chi connectivity index (χ2n) is 6.01. The molecule has 0 fully saturated rings. The molecular formula is C21H21N3O3S. The molecular weight excluding hydrogens is 374 g/mol. The molecule has 144 valence electrons. The van der Waals surface area contributed by atoms with E-state index in [-0.39, 0.29) is 11.2 Å². The van der Waals surface area contributed by atoms with Crippen LogP contribution in [0.15, 0.2) is 76.6 Å². The van der Waals surface area contributed by atoms with Crippen molar-refractivity contribution in [3.63, 3.8) is 0 Å². The lowest BCUT2D eigenvalue weighted by atomic mass is 10.2. The minimum absolute atomic E-state index is 0.212. The lowest BCUT2D eigenvalue weighted by molar-refractivity contribution is 0.262. The molecule has 0 bridgehead atoms. The van der Waals surface area contributed by atoms with E-state index in [1.54, 1.807) is 37.2 Å². The van der Waals surface area contributed by atoms with Crippen LogP contribution in [0, 0.1) is 0 Å². The molecule has 0 atom stereocenters. The van der Waals surface area contributed by atoms with E-state index in [1.165, 1.54) is 4.57 Å². The summed E-state index contributed by atoms with van der Waals surface area (Å²) in [4.78, 5) is 26.0. The van der Waals surface area contributed by atoms with Crippen molar-refractivity contribution in [3.8, 4) is 5.75 Å². The van der Waals surface area contributed by atoms with Crippen LogP contribution in [0.4, 0.5) is 16.2 Å². The fourth-order valence-electron chi connectivity index (χ4n) is 2.68. The van der Waals surface area contributed by atoms with Crippen molar-refractivity contribution >= 4 is 29.2 Å². The third-order valence-electron chi connectivity index (χ3n) is 4.10. The van der Waals surface area contributed by atoms with E-state index in [2.05, 4.69) is 10.6 Å². The van der Waals surface area contributed by atoms with Crippen LogP contribution in [0.5, 0.6) is 5.75 Å². The molecule has 2 amide bonds. The van der Waals surface area contributed by atoms with Gasteiger partial charge < -0.3 is 19.9 Å². The Hall–Kier alpha value is -3.19. The van der Waals surface area contributed by atoms with Crippen molar-refractivity contribution in [3.05, 3.63) is 82.8 Å². The zero-order valence-corrected chi connectivity index (χ0v) is 16.5. The first-order valence-corrected chi connectivity index (χ1v) is 9.86. The summed E-state index contributed by atoms with van der Waals surface area (Å²) in [6, 6.07) is 17.8. The molecule has 7 heteroatoms. The van der Waals surface area contributed by atoms with E-state index in [4.69, 9.17) is 4.74 Å². The van der Waals surface area contributed by atoms with Gasteiger partial charge in [-0.1, -0.05) is 12.1 Å². The highest BCUT2D eigenvalue weighted by Crippen LogP contribution is 2.17. The summed E-state index contributed by atoms with van der Waals surface area (Å²) in [6.45, 7) is 0.378. The molecule has 6 nitrogen and oxygen atoms in total.